The third kappa shape index (κ3) is 3.69. The first-order valence-electron chi connectivity index (χ1n) is 3.82. The highest BCUT2D eigenvalue weighted by molar-refractivity contribution is 6.31. The molecule has 14 heavy (non-hydrogen) atoms. The molecule has 0 saturated carbocycles. The molecule has 0 bridgehead atoms. The summed E-state index contributed by atoms with van der Waals surface area (Å²) in [4.78, 5) is 6.83. The molecule has 7 heteroatoms. The summed E-state index contributed by atoms with van der Waals surface area (Å²) in [5, 5.41) is -0.234. The molecular weight excluding hydrogens is 216 g/mol. The maximum atomic E-state index is 11.7. The Morgan fingerprint density at radius 1 is 1.43 bits per heavy atom. The molecule has 1 heterocycles. The summed E-state index contributed by atoms with van der Waals surface area (Å²) < 4.78 is 27.3. The largest absolute Gasteiger partial charge is 0.428 e. The fraction of sp³-hybridized carbons (Fsp3) is 0.429. The van der Waals surface area contributed by atoms with Crippen LogP contribution in [-0.2, 0) is 0 Å². The van der Waals surface area contributed by atoms with Crippen molar-refractivity contribution in [1.29, 1.82) is 0 Å². The summed E-state index contributed by atoms with van der Waals surface area (Å²) in [7, 11) is 0. The molecule has 0 aliphatic rings. The first-order valence-corrected chi connectivity index (χ1v) is 4.20. The van der Waals surface area contributed by atoms with Crippen LogP contribution in [0.5, 0.6) is 5.75 Å². The molecule has 2 N–H and O–H groups in total. The van der Waals surface area contributed by atoms with Crippen LogP contribution in [0.4, 0.5) is 14.6 Å². The molecule has 1 aromatic rings. The normalized spacial score (nSPS) is 9.29. The van der Waals surface area contributed by atoms with Crippen LogP contribution in [0.2, 0.25) is 5.15 Å². The van der Waals surface area contributed by atoms with E-state index in [0.717, 1.165) is 6.33 Å². The van der Waals surface area contributed by atoms with Gasteiger partial charge in [0.05, 0.1) is 0 Å². The summed E-state index contributed by atoms with van der Waals surface area (Å²) >= 11 is 5.38. The zero-order chi connectivity index (χ0) is 11.1. The van der Waals surface area contributed by atoms with Crippen LogP contribution in [0.15, 0.2) is 6.33 Å². The monoisotopic (exact) mass is 225 g/mol. The van der Waals surface area contributed by atoms with Gasteiger partial charge in [-0.15, -0.1) is 0 Å². The molecule has 0 saturated heterocycles. The highest BCUT2D eigenvalue weighted by Gasteiger charge is 2.13. The Morgan fingerprint density at radius 2 is 2.00 bits per heavy atom. The van der Waals surface area contributed by atoms with Gasteiger partial charge in [-0.25, -0.2) is 9.97 Å². The zero-order valence-electron chi connectivity index (χ0n) is 7.67. The average molecular weight is 226 g/mol. The van der Waals surface area contributed by atoms with E-state index in [1.165, 1.54) is 0 Å². The van der Waals surface area contributed by atoms with Crippen molar-refractivity contribution in [2.45, 2.75) is 20.5 Å². The number of alkyl halides is 2. The second-order valence-electron chi connectivity index (χ2n) is 1.76. The summed E-state index contributed by atoms with van der Waals surface area (Å²) in [6.45, 7) is 1.01. The Bertz CT molecular complexity index is 265. The maximum absolute atomic E-state index is 11.7. The quantitative estimate of drug-likeness (QED) is 0.785. The predicted molar refractivity (Wildman–Crippen MR) is 49.4 cm³/mol. The Balaban J connectivity index is 0.000000791. The molecule has 0 spiro atoms. The number of halogens is 3. The molecule has 0 unspecified atom stereocenters. The van der Waals surface area contributed by atoms with Crippen molar-refractivity contribution in [2.24, 2.45) is 0 Å². The lowest BCUT2D eigenvalue weighted by Gasteiger charge is -2.06. The fourth-order valence-corrected chi connectivity index (χ4v) is 0.748. The van der Waals surface area contributed by atoms with Gasteiger partial charge in [0.2, 0.25) is 5.75 Å². The number of hydrogen-bond donors (Lipinski definition) is 1. The lowest BCUT2D eigenvalue weighted by Crippen LogP contribution is -2.06. The molecule has 0 fully saturated rings. The molecule has 0 aliphatic carbocycles. The van der Waals surface area contributed by atoms with Crippen LogP contribution < -0.4 is 10.5 Å². The van der Waals surface area contributed by atoms with Crippen LogP contribution in [0.25, 0.3) is 0 Å². The molecule has 1 aromatic heterocycles. The van der Waals surface area contributed by atoms with Crippen LogP contribution in [0.1, 0.15) is 13.8 Å². The second-order valence-corrected chi connectivity index (χ2v) is 2.12. The van der Waals surface area contributed by atoms with Gasteiger partial charge in [0.1, 0.15) is 6.33 Å². The van der Waals surface area contributed by atoms with Gasteiger partial charge in [-0.3, -0.25) is 0 Å². The minimum atomic E-state index is -2.99. The summed E-state index contributed by atoms with van der Waals surface area (Å²) in [5.41, 5.74) is 5.18. The number of anilines is 1. The summed E-state index contributed by atoms with van der Waals surface area (Å²) in [5.74, 6) is -0.607. The van der Waals surface area contributed by atoms with E-state index in [9.17, 15) is 8.78 Å². The Kier molecular flexibility index (Phi) is 5.78. The lowest BCUT2D eigenvalue weighted by atomic mass is 10.5. The van der Waals surface area contributed by atoms with E-state index in [0.29, 0.717) is 0 Å². The van der Waals surface area contributed by atoms with E-state index in [1.54, 1.807) is 0 Å². The van der Waals surface area contributed by atoms with Gasteiger partial charge in [0, 0.05) is 0 Å². The van der Waals surface area contributed by atoms with Gasteiger partial charge in [0.15, 0.2) is 11.0 Å². The number of nitrogens with two attached hydrogens (primary N) is 1. The maximum Gasteiger partial charge on any atom is 0.387 e. The highest BCUT2D eigenvalue weighted by atomic mass is 35.5. The minimum Gasteiger partial charge on any atom is -0.428 e. The third-order valence-electron chi connectivity index (χ3n) is 0.995. The van der Waals surface area contributed by atoms with Gasteiger partial charge < -0.3 is 10.5 Å². The number of nitrogen functional groups attached to an aromatic ring is 1. The SMILES string of the molecule is CC.Nc1ncnc(Cl)c1OC(F)F. The van der Waals surface area contributed by atoms with Gasteiger partial charge in [-0.05, 0) is 0 Å². The van der Waals surface area contributed by atoms with E-state index in [4.69, 9.17) is 17.3 Å². The van der Waals surface area contributed by atoms with Crippen molar-refractivity contribution in [3.05, 3.63) is 11.5 Å². The Labute approximate surface area is 85.1 Å². The molecule has 0 radical (unpaired) electrons. The van der Waals surface area contributed by atoms with Crippen LogP contribution in [-0.4, -0.2) is 16.6 Å². The first-order chi connectivity index (χ1) is 6.61. The van der Waals surface area contributed by atoms with E-state index < -0.39 is 12.4 Å². The molecule has 80 valence electrons. The Hall–Kier alpha value is -1.17. The average Bonchev–Trinajstić information content (AvgIpc) is 2.15. The zero-order valence-corrected chi connectivity index (χ0v) is 8.42. The van der Waals surface area contributed by atoms with Gasteiger partial charge >= 0.3 is 6.61 Å². The molecule has 0 atom stereocenters. The number of nitrogens with zero attached hydrogens (tertiary/aromatic N) is 2. The molecule has 0 aromatic carbocycles. The number of rotatable bonds is 2. The molecule has 4 nitrogen and oxygen atoms in total. The standard InChI is InChI=1S/C5H4ClF2N3O.C2H6/c6-3-2(12-5(7)8)4(9)11-1-10-3;1-2/h1,5H,(H2,9,10,11);1-2H3. The molecule has 0 aliphatic heterocycles. The van der Waals surface area contributed by atoms with Gasteiger partial charge in [0.25, 0.3) is 0 Å². The molecule has 1 rings (SSSR count). The summed E-state index contributed by atoms with van der Waals surface area (Å²) in [6, 6.07) is 0. The van der Waals surface area contributed by atoms with Crippen molar-refractivity contribution in [3.63, 3.8) is 0 Å². The lowest BCUT2D eigenvalue weighted by molar-refractivity contribution is -0.0496. The van der Waals surface area contributed by atoms with E-state index >= 15 is 0 Å². The minimum absolute atomic E-state index is 0.213. The third-order valence-corrected chi connectivity index (χ3v) is 1.26. The van der Waals surface area contributed by atoms with Crippen molar-refractivity contribution in [1.82, 2.24) is 9.97 Å². The fourth-order valence-electron chi connectivity index (χ4n) is 0.563. The van der Waals surface area contributed by atoms with E-state index in [1.807, 2.05) is 13.8 Å². The number of hydrogen-bond acceptors (Lipinski definition) is 4. The molecule has 0 amide bonds. The van der Waals surface area contributed by atoms with Crippen molar-refractivity contribution in [2.75, 3.05) is 5.73 Å². The molecular formula is C7H10ClF2N3O. The van der Waals surface area contributed by atoms with Crippen LogP contribution in [0, 0.1) is 0 Å². The number of ether oxygens (including phenoxy) is 1. The smallest absolute Gasteiger partial charge is 0.387 e. The summed E-state index contributed by atoms with van der Waals surface area (Å²) in [6.07, 6.45) is 1.05. The van der Waals surface area contributed by atoms with Crippen LogP contribution in [0.3, 0.4) is 0 Å². The van der Waals surface area contributed by atoms with Gasteiger partial charge in [-0.1, -0.05) is 25.4 Å². The van der Waals surface area contributed by atoms with E-state index in [-0.39, 0.29) is 11.0 Å². The predicted octanol–water partition coefficient (Wildman–Crippen LogP) is 2.34. The first kappa shape index (κ1) is 12.8. The second kappa shape index (κ2) is 6.31. The highest BCUT2D eigenvalue weighted by Crippen LogP contribution is 2.27. The number of aromatic nitrogens is 2. The van der Waals surface area contributed by atoms with Crippen LogP contribution >= 0.6 is 11.6 Å². The van der Waals surface area contributed by atoms with Gasteiger partial charge in [-0.2, -0.15) is 8.78 Å². The Morgan fingerprint density at radius 3 is 2.43 bits per heavy atom. The van der Waals surface area contributed by atoms with E-state index in [2.05, 4.69) is 14.7 Å². The van der Waals surface area contributed by atoms with Crippen molar-refractivity contribution < 1.29 is 13.5 Å². The van der Waals surface area contributed by atoms with Crippen molar-refractivity contribution in [3.8, 4) is 5.75 Å². The van der Waals surface area contributed by atoms with Crippen molar-refractivity contribution >= 4 is 17.4 Å². The topological polar surface area (TPSA) is 61.0 Å².